The van der Waals surface area contributed by atoms with Gasteiger partial charge in [0.25, 0.3) is 11.5 Å². The van der Waals surface area contributed by atoms with E-state index in [2.05, 4.69) is 9.97 Å². The predicted octanol–water partition coefficient (Wildman–Crippen LogP) is 1.96. The highest BCUT2D eigenvalue weighted by Gasteiger charge is 2.28. The fourth-order valence-electron chi connectivity index (χ4n) is 2.87. The summed E-state index contributed by atoms with van der Waals surface area (Å²) in [5.74, 6) is -0.137. The summed E-state index contributed by atoms with van der Waals surface area (Å²) in [5, 5.41) is 0.837. The number of nitrogens with two attached hydrogens (primary N) is 1. The Morgan fingerprint density at radius 2 is 1.97 bits per heavy atom. The summed E-state index contributed by atoms with van der Waals surface area (Å²) in [6.07, 6.45) is 0. The molecule has 0 fully saturated rings. The summed E-state index contributed by atoms with van der Waals surface area (Å²) in [7, 11) is 1.50. The van der Waals surface area contributed by atoms with E-state index >= 15 is 0 Å². The molecule has 0 aliphatic rings. The van der Waals surface area contributed by atoms with Gasteiger partial charge in [-0.2, -0.15) is 0 Å². The second-order valence-corrected chi connectivity index (χ2v) is 8.60. The molecular weight excluding hydrogens is 394 g/mol. The third-order valence-electron chi connectivity index (χ3n) is 4.30. The van der Waals surface area contributed by atoms with Gasteiger partial charge in [-0.1, -0.05) is 27.7 Å². The molecule has 29 heavy (non-hydrogen) atoms. The lowest BCUT2D eigenvalue weighted by Gasteiger charge is -2.24. The molecule has 0 atom stereocenters. The van der Waals surface area contributed by atoms with Crippen LogP contribution in [0.15, 0.2) is 9.59 Å². The molecule has 0 saturated heterocycles. The van der Waals surface area contributed by atoms with Gasteiger partial charge in [-0.25, -0.2) is 9.78 Å². The summed E-state index contributed by atoms with van der Waals surface area (Å²) >= 11 is 1.30. The van der Waals surface area contributed by atoms with Gasteiger partial charge in [0.05, 0.1) is 17.3 Å². The van der Waals surface area contributed by atoms with Crippen LogP contribution in [0.4, 0.5) is 11.5 Å². The Balaban J connectivity index is 2.63. The number of amides is 1. The van der Waals surface area contributed by atoms with E-state index in [1.807, 2.05) is 27.7 Å². The fourth-order valence-corrected chi connectivity index (χ4v) is 3.89. The first-order valence-electron chi connectivity index (χ1n) is 9.49. The number of ether oxygens (including phenoxy) is 1. The summed E-state index contributed by atoms with van der Waals surface area (Å²) in [4.78, 5) is 46.7. The van der Waals surface area contributed by atoms with Gasteiger partial charge >= 0.3 is 5.69 Å². The molecule has 2 rings (SSSR count). The maximum atomic E-state index is 13.4. The maximum absolute atomic E-state index is 13.4. The third-order valence-corrected chi connectivity index (χ3v) is 5.74. The number of nitrogen functional groups attached to an aromatic ring is 1. The molecule has 0 saturated carbocycles. The normalized spacial score (nSPS) is 11.4. The van der Waals surface area contributed by atoms with E-state index in [1.165, 1.54) is 27.9 Å². The molecule has 0 aromatic carbocycles. The summed E-state index contributed by atoms with van der Waals surface area (Å²) in [6, 6.07) is 0. The van der Waals surface area contributed by atoms with Crippen LogP contribution in [0.3, 0.4) is 0 Å². The molecular formula is C19H29N5O4S. The number of methoxy groups -OCH3 is 1. The molecule has 0 radical (unpaired) electrons. The van der Waals surface area contributed by atoms with Gasteiger partial charge in [-0.15, -0.1) is 11.3 Å². The first kappa shape index (κ1) is 22.8. The molecule has 3 N–H and O–H groups in total. The Morgan fingerprint density at radius 1 is 1.31 bits per heavy atom. The van der Waals surface area contributed by atoms with Crippen LogP contribution >= 0.6 is 11.3 Å². The van der Waals surface area contributed by atoms with Crippen molar-refractivity contribution in [3.8, 4) is 0 Å². The highest BCUT2D eigenvalue weighted by atomic mass is 32.1. The van der Waals surface area contributed by atoms with Crippen molar-refractivity contribution >= 4 is 28.7 Å². The van der Waals surface area contributed by atoms with Crippen LogP contribution in [0.1, 0.15) is 54.0 Å². The van der Waals surface area contributed by atoms with Crippen molar-refractivity contribution in [2.45, 2.75) is 47.1 Å². The molecule has 1 amide bonds. The highest BCUT2D eigenvalue weighted by Crippen LogP contribution is 2.28. The Morgan fingerprint density at radius 3 is 2.48 bits per heavy atom. The zero-order valence-corrected chi connectivity index (χ0v) is 18.6. The van der Waals surface area contributed by atoms with Gasteiger partial charge in [0.1, 0.15) is 10.7 Å². The minimum atomic E-state index is -0.705. The van der Waals surface area contributed by atoms with Crippen molar-refractivity contribution in [2.75, 3.05) is 30.9 Å². The SMILES string of the molecule is COCCN(C(=O)c1sc(C(C)C)nc1C)c1c(N)n(CC(C)C)c(=O)[nH]c1=O. The van der Waals surface area contributed by atoms with Crippen LogP contribution in [-0.2, 0) is 11.3 Å². The quantitative estimate of drug-likeness (QED) is 0.669. The number of aromatic amines is 1. The zero-order chi connectivity index (χ0) is 21.9. The molecule has 0 bridgehead atoms. The highest BCUT2D eigenvalue weighted by molar-refractivity contribution is 7.14. The van der Waals surface area contributed by atoms with Crippen molar-refractivity contribution in [1.29, 1.82) is 0 Å². The number of H-pyrrole nitrogens is 1. The lowest BCUT2D eigenvalue weighted by atomic mass is 10.2. The van der Waals surface area contributed by atoms with E-state index < -0.39 is 17.2 Å². The molecule has 0 spiro atoms. The number of nitrogens with zero attached hydrogens (tertiary/aromatic N) is 3. The summed E-state index contributed by atoms with van der Waals surface area (Å²) in [6.45, 7) is 10.2. The zero-order valence-electron chi connectivity index (χ0n) is 17.7. The van der Waals surface area contributed by atoms with Crippen LogP contribution in [0.5, 0.6) is 0 Å². The monoisotopic (exact) mass is 423 g/mol. The first-order valence-corrected chi connectivity index (χ1v) is 10.3. The smallest absolute Gasteiger partial charge is 0.330 e. The van der Waals surface area contributed by atoms with Gasteiger partial charge in [0.15, 0.2) is 5.69 Å². The Hall–Kier alpha value is -2.46. The second kappa shape index (κ2) is 9.36. The van der Waals surface area contributed by atoms with E-state index in [1.54, 1.807) is 6.92 Å². The van der Waals surface area contributed by atoms with E-state index in [0.29, 0.717) is 17.1 Å². The van der Waals surface area contributed by atoms with Crippen molar-refractivity contribution in [1.82, 2.24) is 14.5 Å². The number of thiazole rings is 1. The lowest BCUT2D eigenvalue weighted by molar-refractivity contribution is 0.0978. The minimum Gasteiger partial charge on any atom is -0.383 e. The Kier molecular flexibility index (Phi) is 7.37. The van der Waals surface area contributed by atoms with Crippen molar-refractivity contribution in [2.24, 2.45) is 5.92 Å². The van der Waals surface area contributed by atoms with E-state index in [0.717, 1.165) is 5.01 Å². The number of aryl methyl sites for hydroxylation is 1. The summed E-state index contributed by atoms with van der Waals surface area (Å²) < 4.78 is 6.41. The van der Waals surface area contributed by atoms with E-state index in [9.17, 15) is 14.4 Å². The maximum Gasteiger partial charge on any atom is 0.330 e. The molecule has 0 aliphatic carbocycles. The molecule has 0 unspecified atom stereocenters. The number of anilines is 2. The number of carbonyl (C=O) groups excluding carboxylic acids is 1. The van der Waals surface area contributed by atoms with Crippen molar-refractivity contribution in [3.05, 3.63) is 36.4 Å². The molecule has 2 aromatic heterocycles. The number of carbonyl (C=O) groups is 1. The third kappa shape index (κ3) is 4.94. The first-order chi connectivity index (χ1) is 13.6. The standard InChI is InChI=1S/C19H29N5O4S/c1-10(2)9-24-15(20)13(16(25)22-19(24)27)23(7-8-28-6)18(26)14-12(5)21-17(29-14)11(3)4/h10-11H,7-9,20H2,1-6H3,(H,22,25,27). The predicted molar refractivity (Wildman–Crippen MR) is 115 cm³/mol. The topological polar surface area (TPSA) is 123 Å². The fraction of sp³-hybridized carbons (Fsp3) is 0.579. The molecule has 0 aliphatic heterocycles. The minimum absolute atomic E-state index is 0.0387. The number of aromatic nitrogens is 3. The number of rotatable bonds is 8. The van der Waals surface area contributed by atoms with E-state index in [-0.39, 0.29) is 36.5 Å². The van der Waals surface area contributed by atoms with Crippen LogP contribution in [0, 0.1) is 12.8 Å². The van der Waals surface area contributed by atoms with Crippen LogP contribution in [0.2, 0.25) is 0 Å². The van der Waals surface area contributed by atoms with Crippen LogP contribution in [-0.4, -0.2) is 40.7 Å². The molecule has 2 aromatic rings. The average molecular weight is 424 g/mol. The van der Waals surface area contributed by atoms with Gasteiger partial charge in [0.2, 0.25) is 0 Å². The van der Waals surface area contributed by atoms with Crippen molar-refractivity contribution < 1.29 is 9.53 Å². The molecule has 2 heterocycles. The largest absolute Gasteiger partial charge is 0.383 e. The van der Waals surface area contributed by atoms with Crippen LogP contribution in [0.25, 0.3) is 0 Å². The van der Waals surface area contributed by atoms with Crippen molar-refractivity contribution in [3.63, 3.8) is 0 Å². The molecule has 160 valence electrons. The molecule has 10 heteroatoms. The Labute approximate surface area is 173 Å². The van der Waals surface area contributed by atoms with Gasteiger partial charge in [-0.3, -0.25) is 24.0 Å². The number of hydrogen-bond donors (Lipinski definition) is 2. The van der Waals surface area contributed by atoms with E-state index in [4.69, 9.17) is 10.5 Å². The lowest BCUT2D eigenvalue weighted by Crippen LogP contribution is -2.42. The summed E-state index contributed by atoms with van der Waals surface area (Å²) in [5.41, 5.74) is 5.45. The van der Waals surface area contributed by atoms with Gasteiger partial charge in [-0.05, 0) is 12.8 Å². The van der Waals surface area contributed by atoms with Crippen LogP contribution < -0.4 is 21.9 Å². The Bertz CT molecular complexity index is 989. The molecule has 9 nitrogen and oxygen atoms in total. The average Bonchev–Trinajstić information content (AvgIpc) is 3.02. The number of hydrogen-bond acceptors (Lipinski definition) is 7. The second-order valence-electron chi connectivity index (χ2n) is 7.57. The van der Waals surface area contributed by atoms with Gasteiger partial charge < -0.3 is 10.5 Å². The van der Waals surface area contributed by atoms with Gasteiger partial charge in [0, 0.05) is 26.1 Å². The number of nitrogens with one attached hydrogen (secondary N) is 1.